The van der Waals surface area contributed by atoms with E-state index in [0.717, 1.165) is 23.1 Å². The van der Waals surface area contributed by atoms with Crippen LogP contribution in [0.3, 0.4) is 0 Å². The Balaban J connectivity index is 1.93. The average Bonchev–Trinajstić information content (AvgIpc) is 2.76. The number of halogens is 3. The van der Waals surface area contributed by atoms with E-state index in [1.54, 1.807) is 24.3 Å². The van der Waals surface area contributed by atoms with Crippen LogP contribution in [-0.2, 0) is 16.9 Å². The summed E-state index contributed by atoms with van der Waals surface area (Å²) >= 11 is 5.81. The van der Waals surface area contributed by atoms with Gasteiger partial charge in [0, 0.05) is 10.6 Å². The van der Waals surface area contributed by atoms with E-state index in [4.69, 9.17) is 11.6 Å². The molecule has 2 aromatic carbocycles. The van der Waals surface area contributed by atoms with Crippen LogP contribution in [0.1, 0.15) is 18.1 Å². The third-order valence-corrected chi connectivity index (χ3v) is 4.25. The second-order valence-corrected chi connectivity index (χ2v) is 6.13. The topological polar surface area (TPSA) is 49.4 Å². The van der Waals surface area contributed by atoms with Crippen LogP contribution >= 0.6 is 11.6 Å². The van der Waals surface area contributed by atoms with Crippen molar-refractivity contribution in [1.82, 2.24) is 10.2 Å². The van der Waals surface area contributed by atoms with Crippen LogP contribution in [0.4, 0.5) is 13.6 Å². The Bertz CT molecular complexity index is 826. The zero-order valence-corrected chi connectivity index (χ0v) is 13.4. The van der Waals surface area contributed by atoms with E-state index in [9.17, 15) is 18.4 Å². The zero-order valence-electron chi connectivity index (χ0n) is 12.6. The lowest BCUT2D eigenvalue weighted by Crippen LogP contribution is -2.41. The van der Waals surface area contributed by atoms with Crippen LogP contribution < -0.4 is 5.32 Å². The fourth-order valence-electron chi connectivity index (χ4n) is 2.68. The van der Waals surface area contributed by atoms with Gasteiger partial charge in [0.2, 0.25) is 0 Å². The predicted molar refractivity (Wildman–Crippen MR) is 84.2 cm³/mol. The number of benzene rings is 2. The first-order valence-corrected chi connectivity index (χ1v) is 7.53. The summed E-state index contributed by atoms with van der Waals surface area (Å²) in [6.45, 7) is 1.36. The summed E-state index contributed by atoms with van der Waals surface area (Å²) in [5, 5.41) is 2.98. The lowest BCUT2D eigenvalue weighted by Gasteiger charge is -2.22. The second kappa shape index (κ2) is 5.87. The maximum atomic E-state index is 14.1. The molecule has 24 heavy (non-hydrogen) atoms. The van der Waals surface area contributed by atoms with Crippen molar-refractivity contribution >= 4 is 23.5 Å². The molecular weight excluding hydrogens is 338 g/mol. The maximum Gasteiger partial charge on any atom is 0.325 e. The molecule has 0 radical (unpaired) electrons. The Morgan fingerprint density at radius 2 is 1.79 bits per heavy atom. The van der Waals surface area contributed by atoms with Crippen molar-refractivity contribution in [2.75, 3.05) is 0 Å². The summed E-state index contributed by atoms with van der Waals surface area (Å²) < 4.78 is 27.5. The van der Waals surface area contributed by atoms with E-state index in [0.29, 0.717) is 10.6 Å². The van der Waals surface area contributed by atoms with Crippen LogP contribution in [0.2, 0.25) is 5.02 Å². The van der Waals surface area contributed by atoms with E-state index >= 15 is 0 Å². The van der Waals surface area contributed by atoms with Crippen molar-refractivity contribution in [2.24, 2.45) is 0 Å². The standard InChI is InChI=1S/C17H13ClF2N2O2/c1-17(13-8-12(19)6-7-14(13)20)15(23)22(16(24)21-17)9-10-2-4-11(18)5-3-10/h2-8H,9H2,1H3,(H,21,24)/t17-/m0/s1. The third kappa shape index (κ3) is 2.73. The molecule has 7 heteroatoms. The van der Waals surface area contributed by atoms with Gasteiger partial charge >= 0.3 is 6.03 Å². The van der Waals surface area contributed by atoms with Crippen LogP contribution in [0.25, 0.3) is 0 Å². The molecule has 0 bridgehead atoms. The monoisotopic (exact) mass is 350 g/mol. The van der Waals surface area contributed by atoms with Gasteiger partial charge in [-0.05, 0) is 42.8 Å². The van der Waals surface area contributed by atoms with E-state index in [1.807, 2.05) is 0 Å². The van der Waals surface area contributed by atoms with E-state index in [2.05, 4.69) is 5.32 Å². The Kier molecular flexibility index (Phi) is 4.01. The molecule has 3 amide bonds. The lowest BCUT2D eigenvalue weighted by atomic mass is 9.91. The summed E-state index contributed by atoms with van der Waals surface area (Å²) in [5.41, 5.74) is -1.18. The number of imide groups is 1. The molecule has 1 aliphatic heterocycles. The molecule has 2 aromatic rings. The second-order valence-electron chi connectivity index (χ2n) is 5.70. The van der Waals surface area contributed by atoms with Gasteiger partial charge in [0.15, 0.2) is 0 Å². The largest absolute Gasteiger partial charge is 0.325 e. The average molecular weight is 351 g/mol. The molecular formula is C17H13ClF2N2O2. The summed E-state index contributed by atoms with van der Waals surface area (Å²) in [4.78, 5) is 25.9. The van der Waals surface area contributed by atoms with Gasteiger partial charge in [0.1, 0.15) is 17.2 Å². The quantitative estimate of drug-likeness (QED) is 0.860. The molecule has 0 unspecified atom stereocenters. The molecule has 1 N–H and O–H groups in total. The van der Waals surface area contributed by atoms with E-state index < -0.39 is 29.1 Å². The SMILES string of the molecule is C[C@@]1(c2cc(F)ccc2F)NC(=O)N(Cc2ccc(Cl)cc2)C1=O. The number of rotatable bonds is 3. The fourth-order valence-corrected chi connectivity index (χ4v) is 2.80. The number of carbonyl (C=O) groups excluding carboxylic acids is 2. The summed E-state index contributed by atoms with van der Waals surface area (Å²) in [6, 6.07) is 8.77. The zero-order chi connectivity index (χ0) is 17.5. The summed E-state index contributed by atoms with van der Waals surface area (Å²) in [7, 11) is 0. The number of urea groups is 1. The molecule has 1 heterocycles. The first-order valence-electron chi connectivity index (χ1n) is 7.15. The minimum atomic E-state index is -1.66. The number of amides is 3. The molecule has 1 aliphatic rings. The fraction of sp³-hybridized carbons (Fsp3) is 0.176. The smallest absolute Gasteiger partial charge is 0.319 e. The number of hydrogen-bond donors (Lipinski definition) is 1. The summed E-state index contributed by atoms with van der Waals surface area (Å²) in [5.74, 6) is -2.10. The first kappa shape index (κ1) is 16.4. The van der Waals surface area contributed by atoms with Crippen molar-refractivity contribution in [2.45, 2.75) is 19.0 Å². The minimum absolute atomic E-state index is 0.00829. The number of carbonyl (C=O) groups is 2. The molecule has 1 fully saturated rings. The van der Waals surface area contributed by atoms with Gasteiger partial charge in [-0.2, -0.15) is 0 Å². The third-order valence-electron chi connectivity index (χ3n) is 4.00. The number of nitrogens with zero attached hydrogens (tertiary/aromatic N) is 1. The van der Waals surface area contributed by atoms with Gasteiger partial charge in [-0.3, -0.25) is 9.69 Å². The van der Waals surface area contributed by atoms with Gasteiger partial charge in [0.05, 0.1) is 6.54 Å². The highest BCUT2D eigenvalue weighted by Gasteiger charge is 2.50. The molecule has 4 nitrogen and oxygen atoms in total. The van der Waals surface area contributed by atoms with Crippen molar-refractivity contribution in [3.8, 4) is 0 Å². The van der Waals surface area contributed by atoms with E-state index in [-0.39, 0.29) is 12.1 Å². The normalized spacial score (nSPS) is 20.4. The van der Waals surface area contributed by atoms with Gasteiger partial charge in [-0.15, -0.1) is 0 Å². The molecule has 0 spiro atoms. The molecule has 1 saturated heterocycles. The molecule has 0 aliphatic carbocycles. The highest BCUT2D eigenvalue weighted by atomic mass is 35.5. The van der Waals surface area contributed by atoms with Crippen molar-refractivity contribution < 1.29 is 18.4 Å². The predicted octanol–water partition coefficient (Wildman–Crippen LogP) is 3.59. The highest BCUT2D eigenvalue weighted by molar-refractivity contribution is 6.30. The number of nitrogens with one attached hydrogen (secondary N) is 1. The molecule has 0 aromatic heterocycles. The van der Waals surface area contributed by atoms with Gasteiger partial charge in [-0.25, -0.2) is 13.6 Å². The Hall–Kier alpha value is -2.47. The van der Waals surface area contributed by atoms with Gasteiger partial charge in [-0.1, -0.05) is 23.7 Å². The van der Waals surface area contributed by atoms with Crippen LogP contribution in [0.15, 0.2) is 42.5 Å². The maximum absolute atomic E-state index is 14.1. The van der Waals surface area contributed by atoms with Crippen LogP contribution in [-0.4, -0.2) is 16.8 Å². The molecule has 0 saturated carbocycles. The van der Waals surface area contributed by atoms with Gasteiger partial charge < -0.3 is 5.32 Å². The van der Waals surface area contributed by atoms with Crippen LogP contribution in [0, 0.1) is 11.6 Å². The van der Waals surface area contributed by atoms with Gasteiger partial charge in [0.25, 0.3) is 5.91 Å². The van der Waals surface area contributed by atoms with Crippen LogP contribution in [0.5, 0.6) is 0 Å². The van der Waals surface area contributed by atoms with Crippen molar-refractivity contribution in [1.29, 1.82) is 0 Å². The van der Waals surface area contributed by atoms with E-state index in [1.165, 1.54) is 6.92 Å². The Labute approximate surface area is 142 Å². The lowest BCUT2D eigenvalue weighted by molar-refractivity contribution is -0.131. The minimum Gasteiger partial charge on any atom is -0.319 e. The molecule has 3 rings (SSSR count). The highest BCUT2D eigenvalue weighted by Crippen LogP contribution is 2.32. The Morgan fingerprint density at radius 3 is 2.46 bits per heavy atom. The first-order chi connectivity index (χ1) is 11.3. The summed E-state index contributed by atoms with van der Waals surface area (Å²) in [6.07, 6.45) is 0. The van der Waals surface area contributed by atoms with Crippen molar-refractivity contribution in [3.05, 3.63) is 70.2 Å². The molecule has 1 atom stereocenters. The molecule has 124 valence electrons. The Morgan fingerprint density at radius 1 is 1.12 bits per heavy atom. The number of hydrogen-bond acceptors (Lipinski definition) is 2. The van der Waals surface area contributed by atoms with Crippen molar-refractivity contribution in [3.63, 3.8) is 0 Å².